The first-order valence-electron chi connectivity index (χ1n) is 9.50. The molecule has 3 aromatic rings. The highest BCUT2D eigenvalue weighted by Crippen LogP contribution is 2.22. The van der Waals surface area contributed by atoms with Crippen LogP contribution in [0.4, 0.5) is 4.79 Å². The smallest absolute Gasteiger partial charge is 0.326 e. The van der Waals surface area contributed by atoms with Crippen molar-refractivity contribution in [3.63, 3.8) is 0 Å². The molecule has 1 unspecified atom stereocenters. The molecule has 0 radical (unpaired) electrons. The fraction of sp³-hybridized carbons (Fsp3) is 0.167. The van der Waals surface area contributed by atoms with Gasteiger partial charge in [-0.1, -0.05) is 91.0 Å². The van der Waals surface area contributed by atoms with Crippen LogP contribution in [0.15, 0.2) is 91.0 Å². The molecule has 1 atom stereocenters. The Kier molecular flexibility index (Phi) is 6.63. The Bertz CT molecular complexity index is 891. The van der Waals surface area contributed by atoms with Gasteiger partial charge in [0.1, 0.15) is 6.04 Å². The summed E-state index contributed by atoms with van der Waals surface area (Å²) >= 11 is 0. The van der Waals surface area contributed by atoms with Crippen LogP contribution in [0.3, 0.4) is 0 Å². The lowest BCUT2D eigenvalue weighted by Gasteiger charge is -2.30. The highest BCUT2D eigenvalue weighted by Gasteiger charge is 2.28. The molecule has 0 aromatic heterocycles. The second-order valence-electron chi connectivity index (χ2n) is 6.83. The fourth-order valence-electron chi connectivity index (χ4n) is 3.15. The SMILES string of the molecule is CC(C(=O)O)N(Cc1ccccc1)C(=O)NC(c1ccccc1)c1ccccc1. The predicted molar refractivity (Wildman–Crippen MR) is 112 cm³/mol. The van der Waals surface area contributed by atoms with E-state index < -0.39 is 18.0 Å². The summed E-state index contributed by atoms with van der Waals surface area (Å²) in [5.74, 6) is -1.05. The van der Waals surface area contributed by atoms with E-state index in [1.165, 1.54) is 11.8 Å². The van der Waals surface area contributed by atoms with E-state index in [1.807, 2.05) is 91.0 Å². The third kappa shape index (κ3) is 5.23. The molecular formula is C24H24N2O3. The zero-order valence-electron chi connectivity index (χ0n) is 16.2. The van der Waals surface area contributed by atoms with Crippen LogP contribution < -0.4 is 5.32 Å². The van der Waals surface area contributed by atoms with Gasteiger partial charge in [-0.05, 0) is 23.6 Å². The number of carbonyl (C=O) groups excluding carboxylic acids is 1. The van der Waals surface area contributed by atoms with Gasteiger partial charge in [0, 0.05) is 6.54 Å². The Hall–Kier alpha value is -3.60. The molecule has 5 nitrogen and oxygen atoms in total. The Morgan fingerprint density at radius 2 is 1.28 bits per heavy atom. The summed E-state index contributed by atoms with van der Waals surface area (Å²) in [6.45, 7) is 1.72. The molecule has 2 amide bonds. The largest absolute Gasteiger partial charge is 0.480 e. The van der Waals surface area contributed by atoms with E-state index >= 15 is 0 Å². The van der Waals surface area contributed by atoms with Gasteiger partial charge < -0.3 is 15.3 Å². The summed E-state index contributed by atoms with van der Waals surface area (Å²) in [6, 6.07) is 26.9. The molecular weight excluding hydrogens is 364 g/mol. The third-order valence-corrected chi connectivity index (χ3v) is 4.82. The highest BCUT2D eigenvalue weighted by atomic mass is 16.4. The number of hydrogen-bond acceptors (Lipinski definition) is 2. The minimum absolute atomic E-state index is 0.205. The first-order valence-corrected chi connectivity index (χ1v) is 9.50. The van der Waals surface area contributed by atoms with Crippen molar-refractivity contribution in [2.45, 2.75) is 25.6 Å². The average Bonchev–Trinajstić information content (AvgIpc) is 2.77. The van der Waals surface area contributed by atoms with Gasteiger partial charge in [-0.2, -0.15) is 0 Å². The molecule has 0 heterocycles. The number of hydrogen-bond donors (Lipinski definition) is 2. The third-order valence-electron chi connectivity index (χ3n) is 4.82. The Labute approximate surface area is 170 Å². The van der Waals surface area contributed by atoms with Crippen LogP contribution in [-0.2, 0) is 11.3 Å². The van der Waals surface area contributed by atoms with Gasteiger partial charge >= 0.3 is 12.0 Å². The summed E-state index contributed by atoms with van der Waals surface area (Å²) in [5.41, 5.74) is 2.72. The summed E-state index contributed by atoms with van der Waals surface area (Å²) in [7, 11) is 0. The predicted octanol–water partition coefficient (Wildman–Crippen LogP) is 4.46. The molecule has 0 saturated heterocycles. The van der Waals surface area contributed by atoms with Crippen molar-refractivity contribution in [3.05, 3.63) is 108 Å². The average molecular weight is 388 g/mol. The van der Waals surface area contributed by atoms with Gasteiger partial charge in [0.25, 0.3) is 0 Å². The highest BCUT2D eigenvalue weighted by molar-refractivity contribution is 5.82. The number of carboxylic acid groups (broad SMARTS) is 1. The molecule has 0 aliphatic heterocycles. The van der Waals surface area contributed by atoms with Gasteiger partial charge in [0.2, 0.25) is 0 Å². The van der Waals surface area contributed by atoms with Crippen molar-refractivity contribution in [1.82, 2.24) is 10.2 Å². The van der Waals surface area contributed by atoms with E-state index in [2.05, 4.69) is 5.32 Å². The second-order valence-corrected chi connectivity index (χ2v) is 6.83. The van der Waals surface area contributed by atoms with Gasteiger partial charge in [0.15, 0.2) is 0 Å². The van der Waals surface area contributed by atoms with Crippen LogP contribution >= 0.6 is 0 Å². The zero-order chi connectivity index (χ0) is 20.6. The van der Waals surface area contributed by atoms with Gasteiger partial charge in [-0.25, -0.2) is 9.59 Å². The number of amides is 2. The molecule has 0 aliphatic rings. The Morgan fingerprint density at radius 1 is 0.828 bits per heavy atom. The standard InChI is InChI=1S/C24H24N2O3/c1-18(23(27)28)26(17-19-11-5-2-6-12-19)24(29)25-22(20-13-7-3-8-14-20)21-15-9-4-10-16-21/h2-16,18,22H,17H2,1H3,(H,25,29)(H,27,28). The molecule has 3 rings (SSSR count). The lowest BCUT2D eigenvalue weighted by atomic mass is 9.99. The number of rotatable bonds is 7. The van der Waals surface area contributed by atoms with E-state index in [0.29, 0.717) is 0 Å². The van der Waals surface area contributed by atoms with E-state index in [-0.39, 0.29) is 12.6 Å². The summed E-state index contributed by atoms with van der Waals surface area (Å²) < 4.78 is 0. The Morgan fingerprint density at radius 3 is 1.72 bits per heavy atom. The number of nitrogens with zero attached hydrogens (tertiary/aromatic N) is 1. The lowest BCUT2D eigenvalue weighted by molar-refractivity contribution is -0.141. The maximum atomic E-state index is 13.2. The van der Waals surface area contributed by atoms with Crippen LogP contribution in [0.25, 0.3) is 0 Å². The van der Waals surface area contributed by atoms with Crippen molar-refractivity contribution in [2.24, 2.45) is 0 Å². The number of carbonyl (C=O) groups is 2. The van der Waals surface area contributed by atoms with E-state index in [1.54, 1.807) is 0 Å². The fourth-order valence-corrected chi connectivity index (χ4v) is 3.15. The topological polar surface area (TPSA) is 69.6 Å². The zero-order valence-corrected chi connectivity index (χ0v) is 16.2. The monoisotopic (exact) mass is 388 g/mol. The second kappa shape index (κ2) is 9.55. The van der Waals surface area contributed by atoms with E-state index in [4.69, 9.17) is 0 Å². The number of urea groups is 1. The van der Waals surface area contributed by atoms with Crippen molar-refractivity contribution >= 4 is 12.0 Å². The van der Waals surface area contributed by atoms with Gasteiger partial charge in [-0.3, -0.25) is 0 Å². The molecule has 2 N–H and O–H groups in total. The molecule has 29 heavy (non-hydrogen) atoms. The van der Waals surface area contributed by atoms with Crippen molar-refractivity contribution in [1.29, 1.82) is 0 Å². The van der Waals surface area contributed by atoms with E-state index in [9.17, 15) is 14.7 Å². The van der Waals surface area contributed by atoms with Crippen LogP contribution in [0.1, 0.15) is 29.7 Å². The lowest BCUT2D eigenvalue weighted by Crippen LogP contribution is -2.48. The summed E-state index contributed by atoms with van der Waals surface area (Å²) in [6.07, 6.45) is 0. The summed E-state index contributed by atoms with van der Waals surface area (Å²) in [4.78, 5) is 26.2. The number of carboxylic acids is 1. The van der Waals surface area contributed by atoms with Gasteiger partial charge in [-0.15, -0.1) is 0 Å². The maximum absolute atomic E-state index is 13.2. The molecule has 148 valence electrons. The quantitative estimate of drug-likeness (QED) is 0.628. The Balaban J connectivity index is 1.89. The van der Waals surface area contributed by atoms with Crippen molar-refractivity contribution in [2.75, 3.05) is 0 Å². The van der Waals surface area contributed by atoms with Crippen LogP contribution in [0, 0.1) is 0 Å². The molecule has 0 aliphatic carbocycles. The number of nitrogens with one attached hydrogen (secondary N) is 1. The van der Waals surface area contributed by atoms with Crippen LogP contribution in [0.5, 0.6) is 0 Å². The molecule has 0 spiro atoms. The minimum Gasteiger partial charge on any atom is -0.480 e. The van der Waals surface area contributed by atoms with Crippen LogP contribution in [-0.4, -0.2) is 28.0 Å². The molecule has 0 saturated carbocycles. The number of aliphatic carboxylic acids is 1. The normalized spacial score (nSPS) is 11.7. The minimum atomic E-state index is -1.05. The first kappa shape index (κ1) is 20.1. The van der Waals surface area contributed by atoms with E-state index in [0.717, 1.165) is 16.7 Å². The molecule has 5 heteroatoms. The molecule has 0 fully saturated rings. The maximum Gasteiger partial charge on any atom is 0.326 e. The van der Waals surface area contributed by atoms with Crippen molar-refractivity contribution < 1.29 is 14.7 Å². The molecule has 3 aromatic carbocycles. The van der Waals surface area contributed by atoms with Crippen LogP contribution in [0.2, 0.25) is 0 Å². The van der Waals surface area contributed by atoms with Crippen molar-refractivity contribution in [3.8, 4) is 0 Å². The van der Waals surface area contributed by atoms with Gasteiger partial charge in [0.05, 0.1) is 6.04 Å². The summed E-state index contributed by atoms with van der Waals surface area (Å²) in [5, 5.41) is 12.6. The number of benzene rings is 3. The first-order chi connectivity index (χ1) is 14.1. The molecule has 0 bridgehead atoms.